The molecular weight excluding hydrogens is 170 g/mol. The van der Waals surface area contributed by atoms with Crippen LogP contribution in [0.2, 0.25) is 0 Å². The van der Waals surface area contributed by atoms with Crippen molar-refractivity contribution in [1.82, 2.24) is 0 Å². The van der Waals surface area contributed by atoms with Crippen LogP contribution in [0.4, 0.5) is 0 Å². The summed E-state index contributed by atoms with van der Waals surface area (Å²) in [6.45, 7) is 6.80. The number of carboxylic acids is 1. The molecule has 0 aromatic carbocycles. The minimum atomic E-state index is -0.986. The number of aliphatic carboxylic acids is 1. The first-order valence-electron chi connectivity index (χ1n) is 3.85. The van der Waals surface area contributed by atoms with Crippen molar-refractivity contribution >= 4 is 5.97 Å². The molecule has 0 amide bonds. The Morgan fingerprint density at radius 2 is 2.69 bits per heavy atom. The predicted molar refractivity (Wildman–Crippen MR) is 43.7 cm³/mol. The SMILES string of the molecule is [C-]#[N+]C1=CCC2(/C=C/C(=O)O)OC12. The summed E-state index contributed by atoms with van der Waals surface area (Å²) >= 11 is 0. The van der Waals surface area contributed by atoms with E-state index in [0.29, 0.717) is 12.1 Å². The van der Waals surface area contributed by atoms with E-state index in [1.54, 1.807) is 6.08 Å². The second-order valence-electron chi connectivity index (χ2n) is 3.07. The highest BCUT2D eigenvalue weighted by atomic mass is 16.6. The van der Waals surface area contributed by atoms with Gasteiger partial charge in [-0.15, -0.1) is 0 Å². The molecule has 2 aliphatic rings. The molecule has 0 radical (unpaired) electrons. The quantitative estimate of drug-likeness (QED) is 0.388. The smallest absolute Gasteiger partial charge is 0.328 e. The van der Waals surface area contributed by atoms with Crippen LogP contribution in [0.5, 0.6) is 0 Å². The summed E-state index contributed by atoms with van der Waals surface area (Å²) < 4.78 is 5.26. The predicted octanol–water partition coefficient (Wildman–Crippen LogP) is 0.972. The third kappa shape index (κ3) is 1.14. The molecule has 1 fully saturated rings. The van der Waals surface area contributed by atoms with Gasteiger partial charge in [0.2, 0.25) is 0 Å². The molecule has 1 aliphatic heterocycles. The molecule has 2 unspecified atom stereocenters. The average molecular weight is 177 g/mol. The van der Waals surface area contributed by atoms with Crippen molar-refractivity contribution in [3.05, 3.63) is 35.3 Å². The Kier molecular flexibility index (Phi) is 1.51. The van der Waals surface area contributed by atoms with Crippen LogP contribution >= 0.6 is 0 Å². The van der Waals surface area contributed by atoms with Gasteiger partial charge in [0.05, 0.1) is 6.57 Å². The minimum absolute atomic E-state index is 0.194. The number of hydrogen-bond acceptors (Lipinski definition) is 2. The summed E-state index contributed by atoms with van der Waals surface area (Å²) in [5.74, 6) is -0.986. The standard InChI is InChI=1S/C9H7NO3/c1-10-6-2-4-9(8(6)13-9)5-3-7(11)12/h2-3,5,8H,4H2,(H,11,12)/b5-3+. The number of nitrogens with zero attached hydrogens (tertiary/aromatic N) is 1. The van der Waals surface area contributed by atoms with Gasteiger partial charge in [0.25, 0.3) is 0 Å². The Labute approximate surface area is 74.9 Å². The fourth-order valence-electron chi connectivity index (χ4n) is 1.53. The Bertz CT molecular complexity index is 364. The van der Waals surface area contributed by atoms with Gasteiger partial charge in [-0.3, -0.25) is 0 Å². The van der Waals surface area contributed by atoms with Gasteiger partial charge >= 0.3 is 5.97 Å². The molecule has 2 atom stereocenters. The topological polar surface area (TPSA) is 54.2 Å². The summed E-state index contributed by atoms with van der Waals surface area (Å²) in [5, 5.41) is 8.41. The maximum absolute atomic E-state index is 10.2. The second-order valence-corrected chi connectivity index (χ2v) is 3.07. The molecule has 0 aromatic rings. The third-order valence-electron chi connectivity index (χ3n) is 2.26. The number of epoxide rings is 1. The van der Waals surface area contributed by atoms with E-state index >= 15 is 0 Å². The van der Waals surface area contributed by atoms with E-state index < -0.39 is 11.6 Å². The zero-order valence-electron chi connectivity index (χ0n) is 6.73. The van der Waals surface area contributed by atoms with Crippen LogP contribution in [0, 0.1) is 6.57 Å². The first kappa shape index (κ1) is 8.02. The molecule has 0 spiro atoms. The summed E-state index contributed by atoms with van der Waals surface area (Å²) in [7, 11) is 0. The van der Waals surface area contributed by atoms with Gasteiger partial charge in [-0.2, -0.15) is 0 Å². The van der Waals surface area contributed by atoms with Crippen LogP contribution in [0.1, 0.15) is 6.42 Å². The zero-order valence-corrected chi connectivity index (χ0v) is 6.73. The van der Waals surface area contributed by atoms with Crippen LogP contribution in [0.15, 0.2) is 23.9 Å². The molecule has 2 rings (SSSR count). The monoisotopic (exact) mass is 177 g/mol. The van der Waals surface area contributed by atoms with Crippen LogP contribution in [0.3, 0.4) is 0 Å². The lowest BCUT2D eigenvalue weighted by Crippen LogP contribution is -2.06. The Balaban J connectivity index is 2.09. The Morgan fingerprint density at radius 3 is 3.15 bits per heavy atom. The molecule has 1 N–H and O–H groups in total. The van der Waals surface area contributed by atoms with Crippen molar-refractivity contribution in [2.75, 3.05) is 0 Å². The minimum Gasteiger partial charge on any atom is -0.478 e. The highest BCUT2D eigenvalue weighted by molar-refractivity contribution is 5.80. The highest BCUT2D eigenvalue weighted by Gasteiger charge is 2.59. The molecule has 1 saturated heterocycles. The average Bonchev–Trinajstić information content (AvgIpc) is 2.71. The maximum Gasteiger partial charge on any atom is 0.328 e. The van der Waals surface area contributed by atoms with Gasteiger partial charge in [-0.25, -0.2) is 9.64 Å². The Hall–Kier alpha value is -1.60. The van der Waals surface area contributed by atoms with Crippen LogP contribution in [0.25, 0.3) is 4.85 Å². The lowest BCUT2D eigenvalue weighted by Gasteiger charge is -1.97. The fraction of sp³-hybridized carbons (Fsp3) is 0.333. The zero-order chi connectivity index (χ0) is 9.47. The van der Waals surface area contributed by atoms with Gasteiger partial charge < -0.3 is 9.84 Å². The molecule has 66 valence electrons. The molecular formula is C9H7NO3. The fourth-order valence-corrected chi connectivity index (χ4v) is 1.53. The second kappa shape index (κ2) is 2.44. The van der Waals surface area contributed by atoms with Crippen molar-refractivity contribution in [2.45, 2.75) is 18.1 Å². The number of carboxylic acid groups (broad SMARTS) is 1. The number of ether oxygens (including phenoxy) is 1. The van der Waals surface area contributed by atoms with E-state index in [2.05, 4.69) is 4.85 Å². The van der Waals surface area contributed by atoms with Crippen LogP contribution in [-0.4, -0.2) is 22.8 Å². The summed E-state index contributed by atoms with van der Waals surface area (Å²) in [6, 6.07) is 0. The number of fused-ring (bicyclic) bond motifs is 1. The molecule has 4 nitrogen and oxygen atoms in total. The van der Waals surface area contributed by atoms with E-state index in [1.807, 2.05) is 0 Å². The normalized spacial score (nSPS) is 35.3. The Morgan fingerprint density at radius 1 is 1.92 bits per heavy atom. The largest absolute Gasteiger partial charge is 0.478 e. The molecule has 13 heavy (non-hydrogen) atoms. The molecule has 1 aliphatic carbocycles. The molecule has 0 aromatic heterocycles. The van der Waals surface area contributed by atoms with Gasteiger partial charge in [0.15, 0.2) is 5.70 Å². The molecule has 1 heterocycles. The first-order valence-corrected chi connectivity index (χ1v) is 3.85. The van der Waals surface area contributed by atoms with E-state index in [1.165, 1.54) is 6.08 Å². The maximum atomic E-state index is 10.2. The van der Waals surface area contributed by atoms with E-state index in [9.17, 15) is 4.79 Å². The van der Waals surface area contributed by atoms with Crippen molar-refractivity contribution in [1.29, 1.82) is 0 Å². The van der Waals surface area contributed by atoms with Crippen molar-refractivity contribution in [3.8, 4) is 0 Å². The number of hydrogen-bond donors (Lipinski definition) is 1. The molecule has 4 heteroatoms. The van der Waals surface area contributed by atoms with E-state index in [0.717, 1.165) is 6.08 Å². The van der Waals surface area contributed by atoms with Crippen LogP contribution in [-0.2, 0) is 9.53 Å². The van der Waals surface area contributed by atoms with E-state index in [-0.39, 0.29) is 6.10 Å². The summed E-state index contributed by atoms with van der Waals surface area (Å²) in [5.41, 5.74) is 0.0909. The molecule has 0 saturated carbocycles. The van der Waals surface area contributed by atoms with Crippen LogP contribution < -0.4 is 0 Å². The van der Waals surface area contributed by atoms with Crippen molar-refractivity contribution < 1.29 is 14.6 Å². The van der Waals surface area contributed by atoms with Gasteiger partial charge in [-0.1, -0.05) is 6.08 Å². The van der Waals surface area contributed by atoms with Crippen molar-refractivity contribution in [3.63, 3.8) is 0 Å². The lowest BCUT2D eigenvalue weighted by molar-refractivity contribution is -0.131. The third-order valence-corrected chi connectivity index (χ3v) is 2.26. The lowest BCUT2D eigenvalue weighted by atomic mass is 10.1. The number of rotatable bonds is 2. The van der Waals surface area contributed by atoms with Crippen molar-refractivity contribution in [2.24, 2.45) is 0 Å². The van der Waals surface area contributed by atoms with Gasteiger partial charge in [-0.05, 0) is 12.5 Å². The van der Waals surface area contributed by atoms with Gasteiger partial charge in [0, 0.05) is 6.08 Å². The van der Waals surface area contributed by atoms with Gasteiger partial charge in [0.1, 0.15) is 11.7 Å². The highest BCUT2D eigenvalue weighted by Crippen LogP contribution is 2.51. The van der Waals surface area contributed by atoms with E-state index in [4.69, 9.17) is 16.4 Å². The first-order chi connectivity index (χ1) is 6.18. The summed E-state index contributed by atoms with van der Waals surface area (Å²) in [4.78, 5) is 13.5. The number of carbonyl (C=O) groups is 1. The summed E-state index contributed by atoms with van der Waals surface area (Å²) in [6.07, 6.45) is 4.81. The molecule has 0 bridgehead atoms.